The van der Waals surface area contributed by atoms with Crippen molar-refractivity contribution in [3.8, 4) is 0 Å². The van der Waals surface area contributed by atoms with E-state index in [4.69, 9.17) is 4.18 Å². The smallest absolute Gasteiger partial charge is 0.382 e. The summed E-state index contributed by atoms with van der Waals surface area (Å²) in [6.07, 6.45) is 21.4. The normalized spacial score (nSPS) is 28.6. The van der Waals surface area contributed by atoms with E-state index in [1.165, 1.54) is 66.9 Å². The quantitative estimate of drug-likeness (QED) is 0.169. The summed E-state index contributed by atoms with van der Waals surface area (Å²) in [6, 6.07) is 4.86. The summed E-state index contributed by atoms with van der Waals surface area (Å²) in [5, 5.41) is 7.25. The zero-order valence-corrected chi connectivity index (χ0v) is 27.4. The number of hydrogen-bond donors (Lipinski definition) is 2. The molecular formula is C36H46F3N3O3S. The molecule has 1 aromatic carbocycles. The molecule has 4 fully saturated rings. The molecule has 5 aliphatic carbocycles. The van der Waals surface area contributed by atoms with Crippen molar-refractivity contribution in [3.05, 3.63) is 64.1 Å². The van der Waals surface area contributed by atoms with Gasteiger partial charge < -0.3 is 14.8 Å². The number of aliphatic imine (C=N–C) groups is 1. The van der Waals surface area contributed by atoms with Crippen LogP contribution in [0.1, 0.15) is 112 Å². The molecule has 250 valence electrons. The fourth-order valence-corrected chi connectivity index (χ4v) is 10.4. The molecule has 3 unspecified atom stereocenters. The third-order valence-electron chi connectivity index (χ3n) is 12.1. The molecule has 2 N–H and O–H groups in total. The maximum Gasteiger partial charge on any atom is 0.534 e. The van der Waals surface area contributed by atoms with E-state index in [1.54, 1.807) is 0 Å². The van der Waals surface area contributed by atoms with E-state index in [2.05, 4.69) is 34.5 Å². The minimum absolute atomic E-state index is 0.00167. The summed E-state index contributed by atoms with van der Waals surface area (Å²) < 4.78 is 69.4. The highest BCUT2D eigenvalue weighted by Gasteiger charge is 2.53. The van der Waals surface area contributed by atoms with Gasteiger partial charge in [-0.2, -0.15) is 21.6 Å². The largest absolute Gasteiger partial charge is 0.534 e. The van der Waals surface area contributed by atoms with Crippen molar-refractivity contribution >= 4 is 22.5 Å². The van der Waals surface area contributed by atoms with Crippen molar-refractivity contribution in [2.75, 3.05) is 13.1 Å². The van der Waals surface area contributed by atoms with Gasteiger partial charge in [-0.3, -0.25) is 4.99 Å². The van der Waals surface area contributed by atoms with E-state index in [1.807, 2.05) is 12.3 Å². The summed E-state index contributed by atoms with van der Waals surface area (Å²) in [7, 11) is -5.75. The van der Waals surface area contributed by atoms with E-state index in [0.717, 1.165) is 75.7 Å². The molecule has 0 bridgehead atoms. The maximum absolute atomic E-state index is 13.4. The van der Waals surface area contributed by atoms with Gasteiger partial charge in [0.25, 0.3) is 0 Å². The fraction of sp³-hybridized carbons (Fsp3) is 0.639. The zero-order valence-electron chi connectivity index (χ0n) is 26.6. The first-order valence-corrected chi connectivity index (χ1v) is 18.6. The van der Waals surface area contributed by atoms with Gasteiger partial charge in [0.15, 0.2) is 0 Å². The van der Waals surface area contributed by atoms with E-state index >= 15 is 0 Å². The van der Waals surface area contributed by atoms with Crippen molar-refractivity contribution in [2.45, 2.75) is 114 Å². The summed E-state index contributed by atoms with van der Waals surface area (Å²) in [6.45, 7) is 5.63. The van der Waals surface area contributed by atoms with Crippen LogP contribution in [0.4, 0.5) is 13.2 Å². The Morgan fingerprint density at radius 3 is 2.43 bits per heavy atom. The van der Waals surface area contributed by atoms with E-state index in [9.17, 15) is 21.6 Å². The van der Waals surface area contributed by atoms with Gasteiger partial charge in [0.1, 0.15) is 5.76 Å². The average Bonchev–Trinajstić information content (AvgIpc) is 3.83. The molecule has 0 amide bonds. The predicted molar refractivity (Wildman–Crippen MR) is 175 cm³/mol. The van der Waals surface area contributed by atoms with Crippen LogP contribution in [0.2, 0.25) is 0 Å². The SMILES string of the molecule is C=N/C=C(\NCC1CCCN1)c1ccc(C2C=CC(OS(=O)(=O)C(F)(F)F)=C3CC4(CCCC4)CC32)c2c1CC1(CCCCC1)C2. The number of rotatable bonds is 8. The minimum Gasteiger partial charge on any atom is -0.382 e. The molecule has 3 saturated carbocycles. The number of benzene rings is 1. The third kappa shape index (κ3) is 5.86. The number of halogens is 3. The van der Waals surface area contributed by atoms with Crippen molar-refractivity contribution in [3.63, 3.8) is 0 Å². The number of nitrogens with zero attached hydrogens (tertiary/aromatic N) is 1. The zero-order chi connectivity index (χ0) is 32.2. The number of hydrogen-bond acceptors (Lipinski definition) is 6. The molecule has 0 radical (unpaired) electrons. The third-order valence-corrected chi connectivity index (χ3v) is 13.0. The van der Waals surface area contributed by atoms with Crippen LogP contribution >= 0.6 is 0 Å². The summed E-state index contributed by atoms with van der Waals surface area (Å²) in [5.41, 5.74) is 1.60. The van der Waals surface area contributed by atoms with Crippen molar-refractivity contribution in [1.82, 2.24) is 10.6 Å². The maximum atomic E-state index is 13.4. The van der Waals surface area contributed by atoms with Crippen LogP contribution in [0, 0.1) is 16.7 Å². The standard InChI is InChI=1S/C36H46F3N3O3S/c1-40-23-32(42-22-24-8-7-17-41-24)27-10-9-25(28-18-34(20-30(27)28)13-3-2-4-14-34)26-11-12-33(45-46(43,44)36(37,38)39)31-21-35(19-29(26)31)15-5-6-16-35/h9-12,23-24,26,29,41-42H,1-8,13-22H2/b32-23-. The first-order valence-electron chi connectivity index (χ1n) is 17.2. The molecular weight excluding hydrogens is 611 g/mol. The van der Waals surface area contributed by atoms with Crippen LogP contribution in [0.15, 0.2) is 46.8 Å². The van der Waals surface area contributed by atoms with Crippen LogP contribution in [0.5, 0.6) is 0 Å². The Bertz CT molecular complexity index is 1560. The van der Waals surface area contributed by atoms with Crippen LogP contribution in [-0.4, -0.2) is 39.8 Å². The molecule has 1 heterocycles. The molecule has 46 heavy (non-hydrogen) atoms. The van der Waals surface area contributed by atoms with E-state index in [-0.39, 0.29) is 28.4 Å². The van der Waals surface area contributed by atoms with E-state index < -0.39 is 15.6 Å². The average molecular weight is 658 g/mol. The molecule has 3 atom stereocenters. The lowest BCUT2D eigenvalue weighted by Gasteiger charge is -2.33. The predicted octanol–water partition coefficient (Wildman–Crippen LogP) is 7.82. The van der Waals surface area contributed by atoms with Crippen molar-refractivity contribution in [2.24, 2.45) is 21.7 Å². The second-order valence-electron chi connectivity index (χ2n) is 14.9. The molecule has 2 spiro atoms. The second-order valence-corrected chi connectivity index (χ2v) is 16.5. The molecule has 10 heteroatoms. The van der Waals surface area contributed by atoms with E-state index in [0.29, 0.717) is 12.5 Å². The van der Waals surface area contributed by atoms with Gasteiger partial charge in [0.2, 0.25) is 0 Å². The number of allylic oxidation sites excluding steroid dienone is 3. The first kappa shape index (κ1) is 32.0. The van der Waals surface area contributed by atoms with Gasteiger partial charge in [0, 0.05) is 30.3 Å². The Hall–Kier alpha value is -2.59. The Labute approximate surface area is 271 Å². The topological polar surface area (TPSA) is 79.8 Å². The fourth-order valence-electron chi connectivity index (χ4n) is 9.94. The summed E-state index contributed by atoms with van der Waals surface area (Å²) in [5.74, 6) is -0.250. The first-order chi connectivity index (χ1) is 22.0. The molecule has 6 nitrogen and oxygen atoms in total. The summed E-state index contributed by atoms with van der Waals surface area (Å²) in [4.78, 5) is 4.18. The van der Waals surface area contributed by atoms with Crippen LogP contribution in [-0.2, 0) is 27.1 Å². The highest BCUT2D eigenvalue weighted by Crippen LogP contribution is 2.61. The van der Waals surface area contributed by atoms with Crippen molar-refractivity contribution in [1.29, 1.82) is 0 Å². The van der Waals surface area contributed by atoms with Gasteiger partial charge in [0.05, 0.1) is 5.70 Å². The Morgan fingerprint density at radius 2 is 1.74 bits per heavy atom. The monoisotopic (exact) mass is 657 g/mol. The number of alkyl halides is 3. The number of fused-ring (bicyclic) bond motifs is 2. The minimum atomic E-state index is -5.75. The Kier molecular flexibility index (Phi) is 8.44. The molecule has 1 aliphatic heterocycles. The lowest BCUT2D eigenvalue weighted by Crippen LogP contribution is -2.33. The van der Waals surface area contributed by atoms with Crippen LogP contribution < -0.4 is 10.6 Å². The van der Waals surface area contributed by atoms with Gasteiger partial charge in [-0.25, -0.2) is 0 Å². The van der Waals surface area contributed by atoms with Crippen molar-refractivity contribution < 1.29 is 25.8 Å². The van der Waals surface area contributed by atoms with Crippen LogP contribution in [0.25, 0.3) is 5.70 Å². The molecule has 7 rings (SSSR count). The lowest BCUT2D eigenvalue weighted by molar-refractivity contribution is -0.0520. The van der Waals surface area contributed by atoms with Gasteiger partial charge in [-0.05, 0) is 123 Å². The summed E-state index contributed by atoms with van der Waals surface area (Å²) >= 11 is 0. The molecule has 1 aromatic rings. The molecule has 1 saturated heterocycles. The highest BCUT2D eigenvalue weighted by atomic mass is 32.2. The van der Waals surface area contributed by atoms with Gasteiger partial charge in [-0.15, -0.1) is 0 Å². The van der Waals surface area contributed by atoms with Gasteiger partial charge >= 0.3 is 15.6 Å². The molecule has 0 aromatic heterocycles. The lowest BCUT2D eigenvalue weighted by atomic mass is 9.71. The second kappa shape index (κ2) is 12.1. The Balaban J connectivity index is 1.28. The highest BCUT2D eigenvalue weighted by molar-refractivity contribution is 7.87. The Morgan fingerprint density at radius 1 is 1.02 bits per heavy atom. The van der Waals surface area contributed by atoms with Gasteiger partial charge in [-0.1, -0.05) is 50.3 Å². The number of nitrogens with one attached hydrogen (secondary N) is 2. The van der Waals surface area contributed by atoms with Crippen LogP contribution in [0.3, 0.4) is 0 Å². The molecule has 6 aliphatic rings.